The van der Waals surface area contributed by atoms with Crippen LogP contribution in [0.2, 0.25) is 0 Å². The smallest absolute Gasteiger partial charge is 0.246 e. The lowest BCUT2D eigenvalue weighted by Gasteiger charge is -2.25. The van der Waals surface area contributed by atoms with Crippen LogP contribution < -0.4 is 5.32 Å². The van der Waals surface area contributed by atoms with Crippen molar-refractivity contribution in [3.05, 3.63) is 29.8 Å². The molecule has 1 aliphatic rings. The molecule has 0 atom stereocenters. The molecule has 8 heteroatoms. The average Bonchev–Trinajstić information content (AvgIpc) is 2.32. The minimum absolute atomic E-state index is 0.0318. The predicted molar refractivity (Wildman–Crippen MR) is 58.1 cm³/mol. The third-order valence-corrected chi connectivity index (χ3v) is 4.37. The van der Waals surface area contributed by atoms with E-state index in [1.165, 1.54) is 0 Å². The average molecular weight is 276 g/mol. The van der Waals surface area contributed by atoms with Crippen molar-refractivity contribution in [2.24, 2.45) is 0 Å². The maximum atomic E-state index is 13.4. The van der Waals surface area contributed by atoms with Gasteiger partial charge in [-0.2, -0.15) is 4.31 Å². The summed E-state index contributed by atoms with van der Waals surface area (Å²) in [6.45, 7) is -0.211. The van der Waals surface area contributed by atoms with Crippen molar-refractivity contribution in [1.82, 2.24) is 9.62 Å². The third kappa shape index (κ3) is 2.34. The Bertz CT molecular complexity index is 589. The summed E-state index contributed by atoms with van der Waals surface area (Å²) in [6.07, 6.45) is 0. The molecule has 0 spiro atoms. The minimum atomic E-state index is -4.19. The Morgan fingerprint density at radius 1 is 1.28 bits per heavy atom. The summed E-state index contributed by atoms with van der Waals surface area (Å²) >= 11 is 0. The number of hydrogen-bond acceptors (Lipinski definition) is 3. The molecule has 0 aliphatic carbocycles. The number of hydrogen-bond donors (Lipinski definition) is 1. The number of carbonyl (C=O) groups is 1. The van der Waals surface area contributed by atoms with E-state index in [1.54, 1.807) is 0 Å². The van der Waals surface area contributed by atoms with Gasteiger partial charge in [0.2, 0.25) is 15.9 Å². The second kappa shape index (κ2) is 4.62. The molecule has 0 radical (unpaired) electrons. The summed E-state index contributed by atoms with van der Waals surface area (Å²) in [6, 6.07) is 2.18. The van der Waals surface area contributed by atoms with Crippen LogP contribution in [0.3, 0.4) is 0 Å². The minimum Gasteiger partial charge on any atom is -0.354 e. The van der Waals surface area contributed by atoms with Crippen LogP contribution >= 0.6 is 0 Å². The molecule has 0 bridgehead atoms. The molecule has 98 valence electrons. The van der Waals surface area contributed by atoms with E-state index in [1.807, 2.05) is 0 Å². The van der Waals surface area contributed by atoms with Gasteiger partial charge in [-0.1, -0.05) is 0 Å². The second-order valence-electron chi connectivity index (χ2n) is 3.76. The van der Waals surface area contributed by atoms with Crippen LogP contribution in [-0.2, 0) is 14.8 Å². The molecule has 1 aromatic rings. The molecule has 5 nitrogen and oxygen atoms in total. The van der Waals surface area contributed by atoms with Crippen molar-refractivity contribution < 1.29 is 22.0 Å². The quantitative estimate of drug-likeness (QED) is 0.832. The third-order valence-electron chi connectivity index (χ3n) is 2.51. The molecular formula is C10H10F2N2O3S. The zero-order chi connectivity index (χ0) is 13.3. The first-order valence-corrected chi connectivity index (χ1v) is 6.57. The first-order chi connectivity index (χ1) is 8.41. The zero-order valence-corrected chi connectivity index (χ0v) is 10.0. The van der Waals surface area contributed by atoms with Gasteiger partial charge in [-0.05, 0) is 18.2 Å². The maximum absolute atomic E-state index is 13.4. The molecule has 1 fully saturated rings. The van der Waals surface area contributed by atoms with Gasteiger partial charge in [-0.3, -0.25) is 4.79 Å². The van der Waals surface area contributed by atoms with Crippen LogP contribution in [0.5, 0.6) is 0 Å². The van der Waals surface area contributed by atoms with Crippen molar-refractivity contribution in [3.8, 4) is 0 Å². The number of sulfonamides is 1. The van der Waals surface area contributed by atoms with Gasteiger partial charge in [0.25, 0.3) is 0 Å². The van der Waals surface area contributed by atoms with Crippen molar-refractivity contribution in [1.29, 1.82) is 0 Å². The number of benzene rings is 1. The number of piperazine rings is 1. The Morgan fingerprint density at radius 2 is 2.00 bits per heavy atom. The lowest BCUT2D eigenvalue weighted by Crippen LogP contribution is -2.49. The fraction of sp³-hybridized carbons (Fsp3) is 0.300. The fourth-order valence-corrected chi connectivity index (χ4v) is 3.11. The Balaban J connectivity index is 2.41. The highest BCUT2D eigenvalue weighted by Gasteiger charge is 2.31. The van der Waals surface area contributed by atoms with Crippen LogP contribution in [0.1, 0.15) is 0 Å². The highest BCUT2D eigenvalue weighted by molar-refractivity contribution is 7.89. The molecule has 1 aliphatic heterocycles. The summed E-state index contributed by atoms with van der Waals surface area (Å²) in [7, 11) is -4.19. The molecule has 1 amide bonds. The lowest BCUT2D eigenvalue weighted by atomic mass is 10.3. The van der Waals surface area contributed by atoms with Gasteiger partial charge in [0, 0.05) is 13.1 Å². The zero-order valence-electron chi connectivity index (χ0n) is 9.19. The Hall–Kier alpha value is -1.54. The van der Waals surface area contributed by atoms with Gasteiger partial charge in [-0.15, -0.1) is 0 Å². The van der Waals surface area contributed by atoms with Crippen LogP contribution in [0.15, 0.2) is 23.1 Å². The number of carbonyl (C=O) groups excluding carboxylic acids is 1. The molecule has 0 saturated carbocycles. The van der Waals surface area contributed by atoms with E-state index >= 15 is 0 Å². The first kappa shape index (κ1) is 12.9. The molecule has 1 aromatic carbocycles. The Labute approximate surface area is 102 Å². The SMILES string of the molecule is O=C1CN(S(=O)(=O)c2cc(F)ccc2F)CCN1. The van der Waals surface area contributed by atoms with E-state index in [-0.39, 0.29) is 13.1 Å². The van der Waals surface area contributed by atoms with Crippen molar-refractivity contribution >= 4 is 15.9 Å². The molecule has 1 heterocycles. The predicted octanol–water partition coefficient (Wildman–Crippen LogP) is 0.0853. The summed E-state index contributed by atoms with van der Waals surface area (Å²) in [5.74, 6) is -2.36. The van der Waals surface area contributed by atoms with E-state index in [0.29, 0.717) is 6.07 Å². The van der Waals surface area contributed by atoms with E-state index < -0.39 is 39.0 Å². The molecule has 1 saturated heterocycles. The van der Waals surface area contributed by atoms with Crippen LogP contribution in [-0.4, -0.2) is 38.3 Å². The number of rotatable bonds is 2. The molecular weight excluding hydrogens is 266 g/mol. The number of nitrogens with zero attached hydrogens (tertiary/aromatic N) is 1. The second-order valence-corrected chi connectivity index (χ2v) is 5.67. The van der Waals surface area contributed by atoms with Crippen LogP contribution in [0.25, 0.3) is 0 Å². The number of amides is 1. The van der Waals surface area contributed by atoms with E-state index in [0.717, 1.165) is 16.4 Å². The van der Waals surface area contributed by atoms with Crippen molar-refractivity contribution in [2.75, 3.05) is 19.6 Å². The summed E-state index contributed by atoms with van der Waals surface area (Å²) in [5, 5.41) is 2.45. The van der Waals surface area contributed by atoms with Gasteiger partial charge in [0.05, 0.1) is 6.54 Å². The summed E-state index contributed by atoms with van der Waals surface area (Å²) < 4.78 is 51.4. The van der Waals surface area contributed by atoms with E-state index in [4.69, 9.17) is 0 Å². The number of halogens is 2. The standard InChI is InChI=1S/C10H10F2N2O3S/c11-7-1-2-8(12)9(5-7)18(16,17)14-4-3-13-10(15)6-14/h1-2,5H,3-4,6H2,(H,13,15). The highest BCUT2D eigenvalue weighted by atomic mass is 32.2. The molecule has 18 heavy (non-hydrogen) atoms. The maximum Gasteiger partial charge on any atom is 0.246 e. The van der Waals surface area contributed by atoms with E-state index in [9.17, 15) is 22.0 Å². The van der Waals surface area contributed by atoms with Gasteiger partial charge in [0.1, 0.15) is 16.5 Å². The Morgan fingerprint density at radius 3 is 2.67 bits per heavy atom. The van der Waals surface area contributed by atoms with Gasteiger partial charge in [0.15, 0.2) is 0 Å². The highest BCUT2D eigenvalue weighted by Crippen LogP contribution is 2.20. The topological polar surface area (TPSA) is 66.5 Å². The Kier molecular flexibility index (Phi) is 3.31. The van der Waals surface area contributed by atoms with Gasteiger partial charge >= 0.3 is 0 Å². The molecule has 0 aromatic heterocycles. The van der Waals surface area contributed by atoms with Gasteiger partial charge in [-0.25, -0.2) is 17.2 Å². The van der Waals surface area contributed by atoms with Gasteiger partial charge < -0.3 is 5.32 Å². The summed E-state index contributed by atoms with van der Waals surface area (Å²) in [4.78, 5) is 10.4. The molecule has 2 rings (SSSR count). The van der Waals surface area contributed by atoms with Crippen LogP contribution in [0.4, 0.5) is 8.78 Å². The van der Waals surface area contributed by atoms with Crippen LogP contribution in [0, 0.1) is 11.6 Å². The van der Waals surface area contributed by atoms with Crippen molar-refractivity contribution in [3.63, 3.8) is 0 Å². The molecule has 0 unspecified atom stereocenters. The monoisotopic (exact) mass is 276 g/mol. The van der Waals surface area contributed by atoms with E-state index in [2.05, 4.69) is 5.32 Å². The summed E-state index contributed by atoms with van der Waals surface area (Å²) in [5.41, 5.74) is 0. The molecule has 1 N–H and O–H groups in total. The lowest BCUT2D eigenvalue weighted by molar-refractivity contribution is -0.122. The van der Waals surface area contributed by atoms with Crippen molar-refractivity contribution in [2.45, 2.75) is 4.90 Å². The first-order valence-electron chi connectivity index (χ1n) is 5.13. The normalized spacial score (nSPS) is 17.6. The number of nitrogens with one attached hydrogen (secondary N) is 1. The largest absolute Gasteiger partial charge is 0.354 e. The fourth-order valence-electron chi connectivity index (χ4n) is 1.63.